The Labute approximate surface area is 80.3 Å². The van der Waals surface area contributed by atoms with Gasteiger partial charge in [0.05, 0.1) is 5.92 Å². The van der Waals surface area contributed by atoms with Gasteiger partial charge in [-0.1, -0.05) is 6.92 Å². The first-order valence-corrected chi connectivity index (χ1v) is 4.93. The van der Waals surface area contributed by atoms with E-state index in [1.807, 2.05) is 18.7 Å². The first-order chi connectivity index (χ1) is 5.86. The van der Waals surface area contributed by atoms with Crippen molar-refractivity contribution in [3.63, 3.8) is 0 Å². The first kappa shape index (κ1) is 10.5. The van der Waals surface area contributed by atoms with E-state index in [9.17, 15) is 4.79 Å². The molecular weight excluding hydrogens is 164 g/mol. The molecule has 0 saturated carbocycles. The molecule has 13 heavy (non-hydrogen) atoms. The monoisotopic (exact) mass is 184 g/mol. The van der Waals surface area contributed by atoms with Crippen LogP contribution in [0, 0.1) is 5.92 Å². The number of rotatable bonds is 2. The third-order valence-electron chi connectivity index (χ3n) is 3.12. The highest BCUT2D eigenvalue weighted by Crippen LogP contribution is 2.31. The summed E-state index contributed by atoms with van der Waals surface area (Å²) in [4.78, 5) is 13.8. The molecular formula is C10H20N2O. The summed E-state index contributed by atoms with van der Waals surface area (Å²) in [5, 5.41) is 0. The van der Waals surface area contributed by atoms with Crippen LogP contribution in [-0.4, -0.2) is 28.9 Å². The molecule has 2 atom stereocenters. The third-order valence-corrected chi connectivity index (χ3v) is 3.12. The maximum absolute atomic E-state index is 11.8. The van der Waals surface area contributed by atoms with E-state index in [0.29, 0.717) is 0 Å². The van der Waals surface area contributed by atoms with Crippen LogP contribution in [0.15, 0.2) is 0 Å². The summed E-state index contributed by atoms with van der Waals surface area (Å²) in [7, 11) is 0. The summed E-state index contributed by atoms with van der Waals surface area (Å²) >= 11 is 0. The second kappa shape index (κ2) is 3.29. The Morgan fingerprint density at radius 2 is 2.00 bits per heavy atom. The zero-order valence-corrected chi connectivity index (χ0v) is 9.00. The smallest absolute Gasteiger partial charge is 0.227 e. The van der Waals surface area contributed by atoms with Crippen LogP contribution in [0.5, 0.6) is 0 Å². The zero-order valence-electron chi connectivity index (χ0n) is 9.00. The fraction of sp³-hybridized carbons (Fsp3) is 0.900. The van der Waals surface area contributed by atoms with Crippen molar-refractivity contribution in [2.75, 3.05) is 6.54 Å². The largest absolute Gasteiger partial charge is 0.337 e. The number of hydrogen-bond acceptors (Lipinski definition) is 2. The van der Waals surface area contributed by atoms with E-state index in [4.69, 9.17) is 5.73 Å². The SMILES string of the molecule is CC(N)C(C)C(=O)N1CCC1(C)C. The van der Waals surface area contributed by atoms with E-state index < -0.39 is 0 Å². The normalized spacial score (nSPS) is 24.8. The van der Waals surface area contributed by atoms with Crippen LogP contribution in [0.2, 0.25) is 0 Å². The van der Waals surface area contributed by atoms with Crippen molar-refractivity contribution < 1.29 is 4.79 Å². The lowest BCUT2D eigenvalue weighted by molar-refractivity contribution is -0.149. The number of nitrogens with two attached hydrogens (primary N) is 1. The fourth-order valence-electron chi connectivity index (χ4n) is 1.55. The number of likely N-dealkylation sites (tertiary alicyclic amines) is 1. The van der Waals surface area contributed by atoms with E-state index in [-0.39, 0.29) is 23.4 Å². The highest BCUT2D eigenvalue weighted by atomic mass is 16.2. The molecule has 0 aromatic rings. The summed E-state index contributed by atoms with van der Waals surface area (Å²) in [6, 6.07) is -0.0519. The first-order valence-electron chi connectivity index (χ1n) is 4.93. The molecule has 1 fully saturated rings. The van der Waals surface area contributed by atoms with Crippen molar-refractivity contribution in [1.29, 1.82) is 0 Å². The van der Waals surface area contributed by atoms with E-state index in [0.717, 1.165) is 13.0 Å². The van der Waals surface area contributed by atoms with Gasteiger partial charge in [0, 0.05) is 18.1 Å². The summed E-state index contributed by atoms with van der Waals surface area (Å²) in [6.07, 6.45) is 1.10. The molecule has 1 aliphatic rings. The van der Waals surface area contributed by atoms with Crippen molar-refractivity contribution in [3.8, 4) is 0 Å². The maximum atomic E-state index is 11.8. The number of nitrogens with zero attached hydrogens (tertiary/aromatic N) is 1. The van der Waals surface area contributed by atoms with Crippen molar-refractivity contribution in [1.82, 2.24) is 4.90 Å². The molecule has 1 rings (SSSR count). The van der Waals surface area contributed by atoms with Crippen LogP contribution in [0.3, 0.4) is 0 Å². The van der Waals surface area contributed by atoms with Crippen LogP contribution in [-0.2, 0) is 4.79 Å². The van der Waals surface area contributed by atoms with Crippen molar-refractivity contribution >= 4 is 5.91 Å². The third kappa shape index (κ3) is 1.85. The van der Waals surface area contributed by atoms with Gasteiger partial charge in [-0.3, -0.25) is 4.79 Å². The number of hydrogen-bond donors (Lipinski definition) is 1. The molecule has 1 heterocycles. The van der Waals surface area contributed by atoms with Crippen molar-refractivity contribution in [2.24, 2.45) is 11.7 Å². The topological polar surface area (TPSA) is 46.3 Å². The van der Waals surface area contributed by atoms with Gasteiger partial charge in [0.2, 0.25) is 5.91 Å². The van der Waals surface area contributed by atoms with Crippen molar-refractivity contribution in [3.05, 3.63) is 0 Å². The molecule has 0 radical (unpaired) electrons. The molecule has 2 unspecified atom stereocenters. The number of carbonyl (C=O) groups is 1. The molecule has 76 valence electrons. The van der Waals surface area contributed by atoms with Gasteiger partial charge in [0.1, 0.15) is 0 Å². The van der Waals surface area contributed by atoms with Crippen LogP contribution in [0.25, 0.3) is 0 Å². The quantitative estimate of drug-likeness (QED) is 0.695. The lowest BCUT2D eigenvalue weighted by atomic mass is 9.86. The van der Waals surface area contributed by atoms with Crippen molar-refractivity contribution in [2.45, 2.75) is 45.7 Å². The molecule has 3 nitrogen and oxygen atoms in total. The van der Waals surface area contributed by atoms with Crippen LogP contribution in [0.4, 0.5) is 0 Å². The lowest BCUT2D eigenvalue weighted by Gasteiger charge is -2.49. The standard InChI is InChI=1S/C10H20N2O/c1-7(8(2)11)9(13)12-6-5-10(12,3)4/h7-8H,5-6,11H2,1-4H3. The van der Waals surface area contributed by atoms with Gasteiger partial charge in [-0.05, 0) is 27.2 Å². The molecule has 0 spiro atoms. The van der Waals surface area contributed by atoms with Gasteiger partial charge in [0.15, 0.2) is 0 Å². The van der Waals surface area contributed by atoms with Crippen LogP contribution >= 0.6 is 0 Å². The second-order valence-electron chi connectivity index (χ2n) is 4.70. The highest BCUT2D eigenvalue weighted by molar-refractivity contribution is 5.80. The van der Waals surface area contributed by atoms with Gasteiger partial charge in [0.25, 0.3) is 0 Å². The number of amides is 1. The molecule has 3 heteroatoms. The van der Waals surface area contributed by atoms with Gasteiger partial charge in [-0.15, -0.1) is 0 Å². The highest BCUT2D eigenvalue weighted by Gasteiger charge is 2.41. The Balaban J connectivity index is 2.59. The molecule has 1 aliphatic heterocycles. The Kier molecular flexibility index (Phi) is 2.66. The predicted octanol–water partition coefficient (Wildman–Crippen LogP) is 0.981. The molecule has 0 aromatic carbocycles. The predicted molar refractivity (Wildman–Crippen MR) is 53.2 cm³/mol. The summed E-state index contributed by atoms with van der Waals surface area (Å²) in [5.41, 5.74) is 5.75. The molecule has 1 saturated heterocycles. The fourth-order valence-corrected chi connectivity index (χ4v) is 1.55. The summed E-state index contributed by atoms with van der Waals surface area (Å²) < 4.78 is 0. The van der Waals surface area contributed by atoms with Crippen LogP contribution in [0.1, 0.15) is 34.1 Å². The van der Waals surface area contributed by atoms with Gasteiger partial charge >= 0.3 is 0 Å². The van der Waals surface area contributed by atoms with E-state index in [1.54, 1.807) is 0 Å². The van der Waals surface area contributed by atoms with E-state index in [2.05, 4.69) is 13.8 Å². The molecule has 0 aromatic heterocycles. The minimum absolute atomic E-state index is 0.0519. The Morgan fingerprint density at radius 1 is 1.46 bits per heavy atom. The Hall–Kier alpha value is -0.570. The minimum atomic E-state index is -0.0559. The van der Waals surface area contributed by atoms with Crippen LogP contribution < -0.4 is 5.73 Å². The summed E-state index contributed by atoms with van der Waals surface area (Å²) in [6.45, 7) is 8.88. The van der Waals surface area contributed by atoms with Gasteiger partial charge in [-0.2, -0.15) is 0 Å². The maximum Gasteiger partial charge on any atom is 0.227 e. The Bertz CT molecular complexity index is 211. The average molecular weight is 184 g/mol. The molecule has 0 bridgehead atoms. The molecule has 1 amide bonds. The van der Waals surface area contributed by atoms with E-state index >= 15 is 0 Å². The Morgan fingerprint density at radius 3 is 2.23 bits per heavy atom. The lowest BCUT2D eigenvalue weighted by Crippen LogP contribution is -2.60. The summed E-state index contributed by atoms with van der Waals surface area (Å²) in [5.74, 6) is 0.144. The molecule has 0 aliphatic carbocycles. The average Bonchev–Trinajstić information content (AvgIpc) is 2.01. The minimum Gasteiger partial charge on any atom is -0.337 e. The number of carbonyl (C=O) groups excluding carboxylic acids is 1. The second-order valence-corrected chi connectivity index (χ2v) is 4.70. The zero-order chi connectivity index (χ0) is 10.2. The van der Waals surface area contributed by atoms with E-state index in [1.165, 1.54) is 0 Å². The van der Waals surface area contributed by atoms with Gasteiger partial charge in [-0.25, -0.2) is 0 Å². The molecule has 2 N–H and O–H groups in total. The van der Waals surface area contributed by atoms with Gasteiger partial charge < -0.3 is 10.6 Å².